The molecule has 6 nitrogen and oxygen atoms in total. The first kappa shape index (κ1) is 19.9. The smallest absolute Gasteiger partial charge is 0.216 e. The minimum Gasteiger partial charge on any atom is -0.385 e. The molecule has 1 aliphatic carbocycles. The molecular weight excluding hydrogens is 360 g/mol. The van der Waals surface area contributed by atoms with Crippen molar-refractivity contribution in [3.05, 3.63) is 42.7 Å². The highest BCUT2D eigenvalue weighted by Gasteiger charge is 2.32. The molecule has 0 aliphatic heterocycles. The molecule has 0 unspecified atom stereocenters. The van der Waals surface area contributed by atoms with Crippen molar-refractivity contribution in [1.29, 1.82) is 0 Å². The molecule has 0 saturated heterocycles. The normalized spacial score (nSPS) is 21.1. The quantitative estimate of drug-likeness (QED) is 0.791. The van der Waals surface area contributed by atoms with Gasteiger partial charge in [0.2, 0.25) is 10.0 Å². The summed E-state index contributed by atoms with van der Waals surface area (Å²) < 4.78 is 28.6. The maximum atomic E-state index is 12.3. The Morgan fingerprint density at radius 1 is 1.11 bits per heavy atom. The van der Waals surface area contributed by atoms with Crippen LogP contribution in [0.5, 0.6) is 0 Å². The van der Waals surface area contributed by atoms with Crippen molar-refractivity contribution in [3.8, 4) is 5.69 Å². The van der Waals surface area contributed by atoms with Crippen LogP contribution in [0.3, 0.4) is 0 Å². The van der Waals surface area contributed by atoms with Crippen LogP contribution in [0.4, 0.5) is 5.69 Å². The van der Waals surface area contributed by atoms with Crippen LogP contribution < -0.4 is 10.0 Å². The minimum absolute atomic E-state index is 0.0684. The molecule has 3 rings (SSSR count). The summed E-state index contributed by atoms with van der Waals surface area (Å²) in [5, 5.41) is 7.74. The van der Waals surface area contributed by atoms with Gasteiger partial charge in [-0.2, -0.15) is 5.10 Å². The molecule has 1 aliphatic rings. The Hall–Kier alpha value is -1.86. The van der Waals surface area contributed by atoms with Gasteiger partial charge in [-0.15, -0.1) is 0 Å². The van der Waals surface area contributed by atoms with E-state index in [1.54, 1.807) is 27.0 Å². The van der Waals surface area contributed by atoms with Crippen LogP contribution in [0, 0.1) is 5.92 Å². The molecule has 2 N–H and O–H groups in total. The summed E-state index contributed by atoms with van der Waals surface area (Å²) in [7, 11) is -3.27. The third-order valence-corrected chi connectivity index (χ3v) is 7.46. The van der Waals surface area contributed by atoms with E-state index < -0.39 is 14.8 Å². The second-order valence-electron chi connectivity index (χ2n) is 8.33. The summed E-state index contributed by atoms with van der Waals surface area (Å²) in [6.45, 7) is 6.13. The van der Waals surface area contributed by atoms with Gasteiger partial charge in [0.05, 0.1) is 10.4 Å². The van der Waals surface area contributed by atoms with Gasteiger partial charge in [-0.1, -0.05) is 0 Å². The van der Waals surface area contributed by atoms with Crippen molar-refractivity contribution in [2.24, 2.45) is 5.92 Å². The van der Waals surface area contributed by atoms with Crippen LogP contribution in [0.15, 0.2) is 42.7 Å². The zero-order chi connectivity index (χ0) is 19.5. The molecule has 0 spiro atoms. The lowest BCUT2D eigenvalue weighted by molar-refractivity contribution is 0.322. The summed E-state index contributed by atoms with van der Waals surface area (Å²) in [5.74, 6) is 0.575. The topological polar surface area (TPSA) is 76.0 Å². The van der Waals surface area contributed by atoms with Gasteiger partial charge >= 0.3 is 0 Å². The summed E-state index contributed by atoms with van der Waals surface area (Å²) >= 11 is 0. The van der Waals surface area contributed by atoms with Gasteiger partial charge < -0.3 is 5.32 Å². The van der Waals surface area contributed by atoms with Crippen molar-refractivity contribution >= 4 is 15.7 Å². The molecule has 148 valence electrons. The van der Waals surface area contributed by atoms with Gasteiger partial charge in [-0.25, -0.2) is 17.8 Å². The fraction of sp³-hybridized carbons (Fsp3) is 0.550. The molecule has 1 fully saturated rings. The lowest BCUT2D eigenvalue weighted by Crippen LogP contribution is -2.46. The van der Waals surface area contributed by atoms with Gasteiger partial charge in [-0.3, -0.25) is 0 Å². The van der Waals surface area contributed by atoms with Crippen LogP contribution >= 0.6 is 0 Å². The van der Waals surface area contributed by atoms with Crippen molar-refractivity contribution in [3.63, 3.8) is 0 Å². The first-order valence-electron chi connectivity index (χ1n) is 9.60. The molecule has 1 heterocycles. The van der Waals surface area contributed by atoms with Crippen molar-refractivity contribution in [1.82, 2.24) is 14.5 Å². The molecule has 0 radical (unpaired) electrons. The summed E-state index contributed by atoms with van der Waals surface area (Å²) in [6, 6.07) is 10.2. The van der Waals surface area contributed by atoms with E-state index in [2.05, 4.69) is 27.3 Å². The Morgan fingerprint density at radius 2 is 1.78 bits per heavy atom. The highest BCUT2D eigenvalue weighted by atomic mass is 32.2. The van der Waals surface area contributed by atoms with Gasteiger partial charge in [0.15, 0.2) is 0 Å². The number of hydrogen-bond acceptors (Lipinski definition) is 4. The van der Waals surface area contributed by atoms with E-state index in [0.717, 1.165) is 43.6 Å². The summed E-state index contributed by atoms with van der Waals surface area (Å²) in [6.07, 6.45) is 7.57. The highest BCUT2D eigenvalue weighted by Crippen LogP contribution is 2.26. The number of benzene rings is 1. The number of nitrogens with one attached hydrogen (secondary N) is 2. The monoisotopic (exact) mass is 390 g/mol. The van der Waals surface area contributed by atoms with Gasteiger partial charge in [-0.05, 0) is 82.7 Å². The van der Waals surface area contributed by atoms with E-state index in [1.165, 1.54) is 0 Å². The largest absolute Gasteiger partial charge is 0.385 e. The third kappa shape index (κ3) is 5.11. The molecule has 1 aromatic carbocycles. The first-order chi connectivity index (χ1) is 12.7. The average molecular weight is 391 g/mol. The molecular formula is C20H30N4O2S. The molecule has 0 amide bonds. The van der Waals surface area contributed by atoms with Gasteiger partial charge in [0.25, 0.3) is 0 Å². The zero-order valence-electron chi connectivity index (χ0n) is 16.4. The molecule has 1 saturated carbocycles. The van der Waals surface area contributed by atoms with Gasteiger partial charge in [0, 0.05) is 30.7 Å². The van der Waals surface area contributed by atoms with E-state index in [0.29, 0.717) is 5.92 Å². The molecule has 7 heteroatoms. The van der Waals surface area contributed by atoms with Crippen LogP contribution in [-0.4, -0.2) is 35.5 Å². The Labute approximate surface area is 162 Å². The predicted octanol–water partition coefficient (Wildman–Crippen LogP) is 3.56. The lowest BCUT2D eigenvalue weighted by Gasteiger charge is -2.31. The maximum absolute atomic E-state index is 12.3. The minimum atomic E-state index is -3.27. The summed E-state index contributed by atoms with van der Waals surface area (Å²) in [4.78, 5) is 0. The van der Waals surface area contributed by atoms with E-state index in [4.69, 9.17) is 0 Å². The number of sulfonamides is 1. The fourth-order valence-electron chi connectivity index (χ4n) is 3.30. The number of anilines is 1. The average Bonchev–Trinajstić information content (AvgIpc) is 3.15. The van der Waals surface area contributed by atoms with Crippen molar-refractivity contribution in [2.45, 2.75) is 57.2 Å². The molecule has 27 heavy (non-hydrogen) atoms. The molecule has 0 atom stereocenters. The van der Waals surface area contributed by atoms with E-state index in [-0.39, 0.29) is 6.04 Å². The lowest BCUT2D eigenvalue weighted by atomic mass is 9.86. The summed E-state index contributed by atoms with van der Waals surface area (Å²) in [5.41, 5.74) is 2.14. The number of nitrogens with zero attached hydrogens (tertiary/aromatic N) is 2. The van der Waals surface area contributed by atoms with Crippen LogP contribution in [-0.2, 0) is 10.0 Å². The second kappa shape index (κ2) is 8.02. The number of hydrogen-bond donors (Lipinski definition) is 2. The van der Waals surface area contributed by atoms with Gasteiger partial charge in [0.1, 0.15) is 0 Å². The molecule has 2 aromatic rings. The second-order valence-corrected chi connectivity index (χ2v) is 10.8. The number of rotatable bonds is 6. The van der Waals surface area contributed by atoms with E-state index in [1.807, 2.05) is 29.1 Å². The van der Waals surface area contributed by atoms with E-state index in [9.17, 15) is 8.42 Å². The maximum Gasteiger partial charge on any atom is 0.216 e. The fourth-order valence-corrected chi connectivity index (χ4v) is 4.32. The Bertz CT molecular complexity index is 816. The Morgan fingerprint density at radius 3 is 2.33 bits per heavy atom. The standard InChI is InChI=1S/C20H30N4O2S/c1-20(2,3)27(25,26)23-18-7-5-16(6-8-18)15-21-17-9-11-19(12-10-17)24-14-4-13-22-24/h4,9-14,16,18,21,23H,5-8,15H2,1-3H3. The predicted molar refractivity (Wildman–Crippen MR) is 110 cm³/mol. The SMILES string of the molecule is CC(C)(C)S(=O)(=O)NC1CCC(CNc2ccc(-n3cccn3)cc2)CC1. The number of aromatic nitrogens is 2. The van der Waals surface area contributed by atoms with Crippen LogP contribution in [0.25, 0.3) is 5.69 Å². The molecule has 1 aromatic heterocycles. The van der Waals surface area contributed by atoms with E-state index >= 15 is 0 Å². The Kier molecular flexibility index (Phi) is 5.91. The zero-order valence-corrected chi connectivity index (χ0v) is 17.2. The van der Waals surface area contributed by atoms with Crippen LogP contribution in [0.2, 0.25) is 0 Å². The van der Waals surface area contributed by atoms with Crippen molar-refractivity contribution in [2.75, 3.05) is 11.9 Å². The van der Waals surface area contributed by atoms with Crippen molar-refractivity contribution < 1.29 is 8.42 Å². The first-order valence-corrected chi connectivity index (χ1v) is 11.1. The van der Waals surface area contributed by atoms with Crippen LogP contribution in [0.1, 0.15) is 46.5 Å². The molecule has 0 bridgehead atoms. The third-order valence-electron chi connectivity index (χ3n) is 5.21. The highest BCUT2D eigenvalue weighted by molar-refractivity contribution is 7.90. The Balaban J connectivity index is 1.45.